The molecule has 0 bridgehead atoms. The van der Waals surface area contributed by atoms with E-state index in [0.717, 1.165) is 32.1 Å². The van der Waals surface area contributed by atoms with Crippen molar-refractivity contribution in [1.29, 1.82) is 0 Å². The maximum atomic E-state index is 12.1. The molecule has 13 heteroatoms. The van der Waals surface area contributed by atoms with Crippen LogP contribution >= 0.6 is 0 Å². The lowest BCUT2D eigenvalue weighted by molar-refractivity contribution is -0.289. The minimum absolute atomic E-state index is 0.0403. The highest BCUT2D eigenvalue weighted by Crippen LogP contribution is 2.32. The summed E-state index contributed by atoms with van der Waals surface area (Å²) >= 11 is 0. The molecule has 1 N–H and O–H groups in total. The number of hydrogen-bond acceptors (Lipinski definition) is 12. The van der Waals surface area contributed by atoms with Gasteiger partial charge in [-0.2, -0.15) is 0 Å². The first-order valence-corrected chi connectivity index (χ1v) is 13.1. The molecule has 0 radical (unpaired) electrons. The Morgan fingerprint density at radius 2 is 1.46 bits per heavy atom. The van der Waals surface area contributed by atoms with Gasteiger partial charge in [0, 0.05) is 45.4 Å². The summed E-state index contributed by atoms with van der Waals surface area (Å²) in [5.41, 5.74) is 2.35. The van der Waals surface area contributed by atoms with E-state index in [4.69, 9.17) is 33.2 Å². The Bertz CT molecular complexity index is 1220. The molecule has 2 heterocycles. The minimum Gasteiger partial charge on any atom is -0.491 e. The summed E-state index contributed by atoms with van der Waals surface area (Å²) in [6, 6.07) is 7.57. The zero-order chi connectivity index (χ0) is 30.3. The molecule has 1 aliphatic rings. The maximum absolute atomic E-state index is 12.1. The van der Waals surface area contributed by atoms with Crippen LogP contribution in [0.25, 0.3) is 0 Å². The molecule has 1 aromatic heterocycles. The van der Waals surface area contributed by atoms with Gasteiger partial charge in [-0.25, -0.2) is 0 Å². The quantitative estimate of drug-likeness (QED) is 0.308. The Kier molecular flexibility index (Phi) is 10.7. The molecule has 3 rings (SSSR count). The summed E-state index contributed by atoms with van der Waals surface area (Å²) < 4.78 is 39.3. The summed E-state index contributed by atoms with van der Waals surface area (Å²) in [5, 5.41) is 7.14. The first kappa shape index (κ1) is 31.4. The van der Waals surface area contributed by atoms with Crippen LogP contribution in [0.15, 0.2) is 24.3 Å². The fourth-order valence-corrected chi connectivity index (χ4v) is 4.29. The number of aromatic nitrogens is 2. The van der Waals surface area contributed by atoms with Crippen molar-refractivity contribution in [1.82, 2.24) is 10.2 Å². The molecule has 0 saturated carbocycles. The molecule has 0 amide bonds. The highest BCUT2D eigenvalue weighted by molar-refractivity contribution is 5.68. The van der Waals surface area contributed by atoms with Crippen molar-refractivity contribution >= 4 is 23.9 Å². The molecule has 5 atom stereocenters. The molecule has 0 spiro atoms. The molecule has 1 aromatic carbocycles. The summed E-state index contributed by atoms with van der Waals surface area (Å²) in [5.74, 6) is -1.93. The molecule has 13 nitrogen and oxygen atoms in total. The zero-order valence-electron chi connectivity index (χ0n) is 24.1. The van der Waals surface area contributed by atoms with Gasteiger partial charge in [0.1, 0.15) is 18.5 Å². The lowest BCUT2D eigenvalue weighted by Gasteiger charge is -2.43. The average Bonchev–Trinajstić information content (AvgIpc) is 3.20. The van der Waals surface area contributed by atoms with E-state index in [9.17, 15) is 19.2 Å². The fourth-order valence-electron chi connectivity index (χ4n) is 4.29. The predicted molar refractivity (Wildman–Crippen MR) is 141 cm³/mol. The van der Waals surface area contributed by atoms with E-state index in [-0.39, 0.29) is 18.6 Å². The van der Waals surface area contributed by atoms with E-state index in [2.05, 4.69) is 10.2 Å². The number of benzene rings is 1. The molecule has 1 aliphatic heterocycles. The third-order valence-electron chi connectivity index (χ3n) is 5.89. The van der Waals surface area contributed by atoms with Crippen LogP contribution in [-0.2, 0) is 49.3 Å². The molecule has 41 heavy (non-hydrogen) atoms. The number of carbonyl (C=O) groups excluding carboxylic acids is 4. The van der Waals surface area contributed by atoms with E-state index in [1.807, 2.05) is 45.0 Å². The standard InChI is InChI=1S/C28H36N2O11/c1-14(2)36-21-10-8-20(9-11-21)12-22-15(3)29-30-27(22)41-28-26(39-19(7)34)25(38-18(6)33)24(37-17(5)32)23(40-28)13-35-16(4)31/h8-11,14,23-26,28H,12-13H2,1-7H3,(H,29,30)/t23-,24-,25+,26-,28-/m1/s1. The number of H-pyrrole nitrogens is 1. The van der Waals surface area contributed by atoms with Crippen molar-refractivity contribution in [3.63, 3.8) is 0 Å². The number of ether oxygens (including phenoxy) is 7. The van der Waals surface area contributed by atoms with Crippen LogP contribution in [0.1, 0.15) is 58.4 Å². The van der Waals surface area contributed by atoms with Crippen molar-refractivity contribution in [2.45, 2.75) is 91.7 Å². The van der Waals surface area contributed by atoms with Crippen LogP contribution in [0.5, 0.6) is 11.6 Å². The van der Waals surface area contributed by atoms with Crippen molar-refractivity contribution in [2.75, 3.05) is 6.61 Å². The van der Waals surface area contributed by atoms with Gasteiger partial charge in [-0.15, -0.1) is 5.10 Å². The SMILES string of the molecule is CC(=O)OC[C@H]1O[C@H](Oc2n[nH]c(C)c2Cc2ccc(OC(C)C)cc2)[C@H](OC(C)=O)[C@@H](OC(C)=O)[C@@H]1OC(C)=O. The Morgan fingerprint density at radius 3 is 2.02 bits per heavy atom. The third kappa shape index (κ3) is 8.93. The monoisotopic (exact) mass is 576 g/mol. The second-order valence-corrected chi connectivity index (χ2v) is 9.81. The van der Waals surface area contributed by atoms with Gasteiger partial charge in [0.05, 0.1) is 6.10 Å². The number of aromatic amines is 1. The normalized spacial score (nSPS) is 22.0. The molecule has 0 unspecified atom stereocenters. The number of nitrogens with one attached hydrogen (secondary N) is 1. The Morgan fingerprint density at radius 1 is 0.878 bits per heavy atom. The van der Waals surface area contributed by atoms with Crippen LogP contribution in [-0.4, -0.2) is 77.5 Å². The first-order chi connectivity index (χ1) is 19.3. The largest absolute Gasteiger partial charge is 0.491 e. The van der Waals surface area contributed by atoms with Gasteiger partial charge in [0.25, 0.3) is 0 Å². The zero-order valence-corrected chi connectivity index (χ0v) is 24.1. The lowest BCUT2D eigenvalue weighted by atomic mass is 9.98. The molecule has 0 aliphatic carbocycles. The fraction of sp³-hybridized carbons (Fsp3) is 0.536. The molecule has 1 fully saturated rings. The average molecular weight is 577 g/mol. The number of hydrogen-bond donors (Lipinski definition) is 1. The van der Waals surface area contributed by atoms with Crippen molar-refractivity contribution < 1.29 is 52.3 Å². The minimum atomic E-state index is -1.39. The molecule has 224 valence electrons. The number of nitrogens with zero attached hydrogens (tertiary/aromatic N) is 1. The Hall–Kier alpha value is -4.13. The molecule has 2 aromatic rings. The van der Waals surface area contributed by atoms with Crippen LogP contribution < -0.4 is 9.47 Å². The number of aryl methyl sites for hydroxylation is 1. The maximum Gasteiger partial charge on any atom is 0.303 e. The summed E-state index contributed by atoms with van der Waals surface area (Å²) in [4.78, 5) is 47.6. The van der Waals surface area contributed by atoms with Crippen molar-refractivity contribution in [3.05, 3.63) is 41.1 Å². The lowest BCUT2D eigenvalue weighted by Crippen LogP contribution is -2.63. The second kappa shape index (κ2) is 14.0. The van der Waals surface area contributed by atoms with E-state index >= 15 is 0 Å². The van der Waals surface area contributed by atoms with Gasteiger partial charge in [-0.05, 0) is 38.5 Å². The van der Waals surface area contributed by atoms with Crippen LogP contribution in [0.3, 0.4) is 0 Å². The van der Waals surface area contributed by atoms with Gasteiger partial charge in [-0.1, -0.05) is 12.1 Å². The van der Waals surface area contributed by atoms with Crippen LogP contribution in [0.4, 0.5) is 0 Å². The van der Waals surface area contributed by atoms with Crippen molar-refractivity contribution in [3.8, 4) is 11.6 Å². The van der Waals surface area contributed by atoms with Gasteiger partial charge >= 0.3 is 23.9 Å². The van der Waals surface area contributed by atoms with Gasteiger partial charge in [0.2, 0.25) is 18.3 Å². The number of esters is 4. The van der Waals surface area contributed by atoms with E-state index < -0.39 is 54.6 Å². The smallest absolute Gasteiger partial charge is 0.303 e. The van der Waals surface area contributed by atoms with E-state index in [1.165, 1.54) is 6.92 Å². The van der Waals surface area contributed by atoms with E-state index in [1.54, 1.807) is 0 Å². The van der Waals surface area contributed by atoms with Crippen LogP contribution in [0, 0.1) is 6.92 Å². The number of carbonyl (C=O) groups is 4. The van der Waals surface area contributed by atoms with Gasteiger partial charge < -0.3 is 33.2 Å². The summed E-state index contributed by atoms with van der Waals surface area (Å²) in [6.07, 6.45) is -6.07. The topological polar surface area (TPSA) is 162 Å². The summed E-state index contributed by atoms with van der Waals surface area (Å²) in [7, 11) is 0. The summed E-state index contributed by atoms with van der Waals surface area (Å²) in [6.45, 7) is 9.99. The van der Waals surface area contributed by atoms with Gasteiger partial charge in [0.15, 0.2) is 12.2 Å². The van der Waals surface area contributed by atoms with E-state index in [0.29, 0.717) is 17.7 Å². The Balaban J connectivity index is 1.95. The van der Waals surface area contributed by atoms with Crippen LogP contribution in [0.2, 0.25) is 0 Å². The molecule has 1 saturated heterocycles. The molecular weight excluding hydrogens is 540 g/mol. The number of rotatable bonds is 11. The Labute approximate surface area is 237 Å². The third-order valence-corrected chi connectivity index (χ3v) is 5.89. The second-order valence-electron chi connectivity index (χ2n) is 9.81. The van der Waals surface area contributed by atoms with Crippen molar-refractivity contribution in [2.24, 2.45) is 0 Å². The first-order valence-electron chi connectivity index (χ1n) is 13.1. The highest BCUT2D eigenvalue weighted by Gasteiger charge is 2.53. The molecular formula is C28H36N2O11. The highest BCUT2D eigenvalue weighted by atomic mass is 16.7. The predicted octanol–water partition coefficient (Wildman–Crippen LogP) is 2.56. The van der Waals surface area contributed by atoms with Gasteiger partial charge in [-0.3, -0.25) is 24.3 Å².